The predicted molar refractivity (Wildman–Crippen MR) is 107 cm³/mol. The summed E-state index contributed by atoms with van der Waals surface area (Å²) < 4.78 is 4.70. The Morgan fingerprint density at radius 1 is 0.964 bits per heavy atom. The van der Waals surface area contributed by atoms with Gasteiger partial charge in [0.1, 0.15) is 0 Å². The van der Waals surface area contributed by atoms with Gasteiger partial charge < -0.3 is 15.4 Å². The predicted octanol–water partition coefficient (Wildman–Crippen LogP) is 3.82. The van der Waals surface area contributed by atoms with Gasteiger partial charge in [0.15, 0.2) is 0 Å². The Bertz CT molecular complexity index is 970. The molecule has 0 spiro atoms. The fraction of sp³-hybridized carbons (Fsp3) is 0.143. The molecule has 7 heteroatoms. The van der Waals surface area contributed by atoms with E-state index in [9.17, 15) is 9.59 Å². The van der Waals surface area contributed by atoms with Crippen molar-refractivity contribution in [2.24, 2.45) is 0 Å². The summed E-state index contributed by atoms with van der Waals surface area (Å²) in [4.78, 5) is 32.2. The molecule has 0 radical (unpaired) electrons. The first kappa shape index (κ1) is 19.0. The number of hydrogen-bond donors (Lipinski definition) is 2. The monoisotopic (exact) mass is 376 g/mol. The van der Waals surface area contributed by atoms with Crippen molar-refractivity contribution in [3.05, 3.63) is 77.6 Å². The maximum atomic E-state index is 12.3. The average molecular weight is 376 g/mol. The molecule has 0 fully saturated rings. The minimum absolute atomic E-state index is 0.288. The number of ether oxygens (including phenoxy) is 1. The lowest BCUT2D eigenvalue weighted by molar-refractivity contribution is 0.0600. The number of nitrogens with one attached hydrogen (secondary N) is 2. The average Bonchev–Trinajstić information content (AvgIpc) is 2.74. The molecule has 142 valence electrons. The molecule has 0 bridgehead atoms. The van der Waals surface area contributed by atoms with E-state index in [1.807, 2.05) is 24.3 Å². The molecule has 28 heavy (non-hydrogen) atoms. The number of carbonyl (C=O) groups excluding carboxylic acids is 2. The van der Waals surface area contributed by atoms with Crippen LogP contribution in [-0.4, -0.2) is 29.0 Å². The SMILES string of the molecule is CCc1ccc(NC(=O)c2cnc(Nc3cccc(C(=O)OC)c3)nc2)cc1. The second-order valence-electron chi connectivity index (χ2n) is 6.00. The summed E-state index contributed by atoms with van der Waals surface area (Å²) in [5, 5.41) is 5.80. The molecule has 3 rings (SSSR count). The molecule has 0 aliphatic rings. The molecule has 0 unspecified atom stereocenters. The summed E-state index contributed by atoms with van der Waals surface area (Å²) in [6.45, 7) is 2.08. The highest BCUT2D eigenvalue weighted by Crippen LogP contribution is 2.16. The van der Waals surface area contributed by atoms with Crippen molar-refractivity contribution in [3.8, 4) is 0 Å². The first-order valence-electron chi connectivity index (χ1n) is 8.76. The zero-order valence-corrected chi connectivity index (χ0v) is 15.6. The zero-order valence-electron chi connectivity index (χ0n) is 15.6. The Labute approximate surface area is 162 Å². The van der Waals surface area contributed by atoms with Gasteiger partial charge in [0, 0.05) is 23.8 Å². The number of benzene rings is 2. The van der Waals surface area contributed by atoms with E-state index >= 15 is 0 Å². The number of esters is 1. The van der Waals surface area contributed by atoms with E-state index in [4.69, 9.17) is 4.74 Å². The summed E-state index contributed by atoms with van der Waals surface area (Å²) in [5.41, 5.74) is 3.30. The van der Waals surface area contributed by atoms with E-state index in [0.717, 1.165) is 6.42 Å². The van der Waals surface area contributed by atoms with Gasteiger partial charge in [-0.05, 0) is 42.3 Å². The number of aryl methyl sites for hydroxylation is 1. The molecule has 1 amide bonds. The lowest BCUT2D eigenvalue weighted by Crippen LogP contribution is -2.13. The van der Waals surface area contributed by atoms with Crippen LogP contribution < -0.4 is 10.6 Å². The lowest BCUT2D eigenvalue weighted by atomic mass is 10.1. The Morgan fingerprint density at radius 2 is 1.68 bits per heavy atom. The Balaban J connectivity index is 1.65. The van der Waals surface area contributed by atoms with Crippen LogP contribution >= 0.6 is 0 Å². The van der Waals surface area contributed by atoms with Crippen molar-refractivity contribution < 1.29 is 14.3 Å². The molecule has 0 saturated heterocycles. The molecule has 1 aromatic heterocycles. The van der Waals surface area contributed by atoms with Crippen LogP contribution in [0.1, 0.15) is 33.2 Å². The van der Waals surface area contributed by atoms with Crippen LogP contribution in [0.5, 0.6) is 0 Å². The van der Waals surface area contributed by atoms with Gasteiger partial charge in [0.25, 0.3) is 5.91 Å². The molecular formula is C21H20N4O3. The van der Waals surface area contributed by atoms with Crippen molar-refractivity contribution in [3.63, 3.8) is 0 Å². The Hall–Kier alpha value is -3.74. The van der Waals surface area contributed by atoms with Crippen LogP contribution in [0.4, 0.5) is 17.3 Å². The van der Waals surface area contributed by atoms with E-state index < -0.39 is 5.97 Å². The van der Waals surface area contributed by atoms with Crippen molar-refractivity contribution in [1.82, 2.24) is 9.97 Å². The number of rotatable bonds is 6. The van der Waals surface area contributed by atoms with Crippen LogP contribution in [0.15, 0.2) is 60.9 Å². The summed E-state index contributed by atoms with van der Waals surface area (Å²) >= 11 is 0. The van der Waals surface area contributed by atoms with E-state index in [1.54, 1.807) is 24.3 Å². The number of amides is 1. The van der Waals surface area contributed by atoms with Gasteiger partial charge in [-0.1, -0.05) is 25.1 Å². The van der Waals surface area contributed by atoms with E-state index in [2.05, 4.69) is 27.5 Å². The maximum absolute atomic E-state index is 12.3. The van der Waals surface area contributed by atoms with Crippen LogP contribution in [0.2, 0.25) is 0 Å². The third-order valence-corrected chi connectivity index (χ3v) is 4.07. The molecule has 7 nitrogen and oxygen atoms in total. The third-order valence-electron chi connectivity index (χ3n) is 4.07. The lowest BCUT2D eigenvalue weighted by Gasteiger charge is -2.08. The fourth-order valence-corrected chi connectivity index (χ4v) is 2.51. The van der Waals surface area contributed by atoms with Crippen LogP contribution in [0.25, 0.3) is 0 Å². The highest BCUT2D eigenvalue weighted by atomic mass is 16.5. The van der Waals surface area contributed by atoms with Gasteiger partial charge in [-0.3, -0.25) is 4.79 Å². The molecule has 2 N–H and O–H groups in total. The minimum Gasteiger partial charge on any atom is -0.465 e. The molecule has 0 atom stereocenters. The van der Waals surface area contributed by atoms with Crippen molar-refractivity contribution in [1.29, 1.82) is 0 Å². The van der Waals surface area contributed by atoms with E-state index in [0.29, 0.717) is 28.5 Å². The normalized spacial score (nSPS) is 10.2. The van der Waals surface area contributed by atoms with Gasteiger partial charge in [0.2, 0.25) is 5.95 Å². The Morgan fingerprint density at radius 3 is 2.32 bits per heavy atom. The molecular weight excluding hydrogens is 356 g/mol. The van der Waals surface area contributed by atoms with Crippen molar-refractivity contribution in [2.45, 2.75) is 13.3 Å². The van der Waals surface area contributed by atoms with Crippen molar-refractivity contribution in [2.75, 3.05) is 17.7 Å². The zero-order chi connectivity index (χ0) is 19.9. The number of methoxy groups -OCH3 is 1. The van der Waals surface area contributed by atoms with Gasteiger partial charge >= 0.3 is 5.97 Å². The first-order valence-corrected chi connectivity index (χ1v) is 8.76. The Kier molecular flexibility index (Phi) is 5.96. The third kappa shape index (κ3) is 4.70. The van der Waals surface area contributed by atoms with Gasteiger partial charge in [0.05, 0.1) is 18.2 Å². The van der Waals surface area contributed by atoms with Gasteiger partial charge in [-0.25, -0.2) is 14.8 Å². The summed E-state index contributed by atoms with van der Waals surface area (Å²) in [5.74, 6) is -0.405. The molecule has 0 aliphatic carbocycles. The van der Waals surface area contributed by atoms with Gasteiger partial charge in [-0.2, -0.15) is 0 Å². The largest absolute Gasteiger partial charge is 0.465 e. The van der Waals surface area contributed by atoms with Crippen LogP contribution in [-0.2, 0) is 11.2 Å². The quantitative estimate of drug-likeness (QED) is 0.635. The van der Waals surface area contributed by atoms with E-state index in [-0.39, 0.29) is 5.91 Å². The van der Waals surface area contributed by atoms with E-state index in [1.165, 1.54) is 25.1 Å². The second-order valence-corrected chi connectivity index (χ2v) is 6.00. The van der Waals surface area contributed by atoms with Gasteiger partial charge in [-0.15, -0.1) is 0 Å². The maximum Gasteiger partial charge on any atom is 0.337 e. The molecule has 0 saturated carbocycles. The smallest absolute Gasteiger partial charge is 0.337 e. The van der Waals surface area contributed by atoms with Crippen molar-refractivity contribution >= 4 is 29.2 Å². The molecule has 2 aromatic carbocycles. The topological polar surface area (TPSA) is 93.2 Å². The second kappa shape index (κ2) is 8.77. The van der Waals surface area contributed by atoms with Crippen LogP contribution in [0, 0.1) is 0 Å². The molecule has 0 aliphatic heterocycles. The summed E-state index contributed by atoms with van der Waals surface area (Å²) in [7, 11) is 1.33. The highest BCUT2D eigenvalue weighted by molar-refractivity contribution is 6.03. The number of aromatic nitrogens is 2. The fourth-order valence-electron chi connectivity index (χ4n) is 2.51. The molecule has 1 heterocycles. The highest BCUT2D eigenvalue weighted by Gasteiger charge is 2.09. The number of carbonyl (C=O) groups is 2. The number of hydrogen-bond acceptors (Lipinski definition) is 6. The first-order chi connectivity index (χ1) is 13.6. The summed E-state index contributed by atoms with van der Waals surface area (Å²) in [6, 6.07) is 14.5. The minimum atomic E-state index is -0.427. The standard InChI is InChI=1S/C21H20N4O3/c1-3-14-7-9-17(10-8-14)24-19(26)16-12-22-21(23-13-16)25-18-6-4-5-15(11-18)20(27)28-2/h4-13H,3H2,1-2H3,(H,24,26)(H,22,23,25). The molecule has 3 aromatic rings. The van der Waals surface area contributed by atoms with Crippen LogP contribution in [0.3, 0.4) is 0 Å². The summed E-state index contributed by atoms with van der Waals surface area (Å²) in [6.07, 6.45) is 3.82. The number of nitrogens with zero attached hydrogens (tertiary/aromatic N) is 2. The number of anilines is 3.